The molecule has 1 fully saturated rings. The summed E-state index contributed by atoms with van der Waals surface area (Å²) in [5.74, 6) is 1.20. The molecule has 1 saturated heterocycles. The van der Waals surface area contributed by atoms with E-state index in [1.807, 2.05) is 47.4 Å². The molecule has 2 aromatic carbocycles. The van der Waals surface area contributed by atoms with Gasteiger partial charge in [-0.25, -0.2) is 0 Å². The summed E-state index contributed by atoms with van der Waals surface area (Å²) >= 11 is 0. The monoisotopic (exact) mass is 377 g/mol. The predicted molar refractivity (Wildman–Crippen MR) is 111 cm³/mol. The Balaban J connectivity index is 1.56. The Kier molecular flexibility index (Phi) is 6.54. The molecule has 0 aromatic heterocycles. The van der Waals surface area contributed by atoms with Crippen molar-refractivity contribution in [3.8, 4) is 11.8 Å². The summed E-state index contributed by atoms with van der Waals surface area (Å²) in [5.41, 5.74) is 2.76. The van der Waals surface area contributed by atoms with Crippen molar-refractivity contribution in [2.75, 3.05) is 37.7 Å². The lowest BCUT2D eigenvalue weighted by atomic mass is 9.98. The van der Waals surface area contributed by atoms with Gasteiger partial charge in [0, 0.05) is 26.2 Å². The Morgan fingerprint density at radius 3 is 2.50 bits per heavy atom. The molecule has 0 saturated carbocycles. The van der Waals surface area contributed by atoms with E-state index in [0.717, 1.165) is 23.4 Å². The maximum atomic E-state index is 12.6. The maximum Gasteiger partial charge on any atom is 0.260 e. The molecule has 5 nitrogen and oxygen atoms in total. The molecule has 3 rings (SSSR count). The third-order valence-corrected chi connectivity index (χ3v) is 5.41. The average molecular weight is 377 g/mol. The molecular weight excluding hydrogens is 350 g/mol. The number of nitrogens with zero attached hydrogens (tertiary/aromatic N) is 3. The van der Waals surface area contributed by atoms with Gasteiger partial charge in [-0.15, -0.1) is 0 Å². The fraction of sp³-hybridized carbons (Fsp3) is 0.391. The van der Waals surface area contributed by atoms with Crippen molar-refractivity contribution >= 4 is 11.6 Å². The van der Waals surface area contributed by atoms with Gasteiger partial charge in [-0.2, -0.15) is 5.26 Å². The van der Waals surface area contributed by atoms with Crippen molar-refractivity contribution in [2.45, 2.75) is 26.2 Å². The van der Waals surface area contributed by atoms with Crippen molar-refractivity contribution in [1.29, 1.82) is 5.26 Å². The molecule has 1 unspecified atom stereocenters. The van der Waals surface area contributed by atoms with E-state index in [2.05, 4.69) is 30.9 Å². The second kappa shape index (κ2) is 9.27. The Labute approximate surface area is 167 Å². The van der Waals surface area contributed by atoms with Gasteiger partial charge in [0.25, 0.3) is 5.91 Å². The molecule has 0 radical (unpaired) electrons. The third-order valence-electron chi connectivity index (χ3n) is 5.41. The molecule has 1 amide bonds. The van der Waals surface area contributed by atoms with Crippen LogP contribution in [0.4, 0.5) is 5.69 Å². The molecule has 5 heteroatoms. The van der Waals surface area contributed by atoms with E-state index in [4.69, 9.17) is 4.74 Å². The highest BCUT2D eigenvalue weighted by Gasteiger charge is 2.23. The zero-order valence-corrected chi connectivity index (χ0v) is 16.6. The van der Waals surface area contributed by atoms with Gasteiger partial charge in [0.15, 0.2) is 6.61 Å². The smallest absolute Gasteiger partial charge is 0.260 e. The van der Waals surface area contributed by atoms with Crippen molar-refractivity contribution < 1.29 is 9.53 Å². The first-order chi connectivity index (χ1) is 13.6. The number of carbonyl (C=O) groups excluding carboxylic acids is 1. The zero-order chi connectivity index (χ0) is 19.9. The average Bonchev–Trinajstić information content (AvgIpc) is 2.77. The number of amides is 1. The van der Waals surface area contributed by atoms with Crippen LogP contribution in [0.15, 0.2) is 48.5 Å². The Morgan fingerprint density at radius 1 is 1.11 bits per heavy atom. The standard InChI is InChI=1S/C23H27N3O2/c1-3-18(2)20-9-5-7-11-22(20)28-17-23(27)26-14-12-25(13-15-26)21-10-6-4-8-19(21)16-24/h4-11,18H,3,12-15,17H2,1-2H3. The summed E-state index contributed by atoms with van der Waals surface area (Å²) < 4.78 is 5.88. The SMILES string of the molecule is CCC(C)c1ccccc1OCC(=O)N1CCN(c2ccccc2C#N)CC1. The number of nitriles is 1. The summed E-state index contributed by atoms with van der Waals surface area (Å²) in [6, 6.07) is 17.8. The number of anilines is 1. The third kappa shape index (κ3) is 4.45. The van der Waals surface area contributed by atoms with E-state index >= 15 is 0 Å². The number of ether oxygens (including phenoxy) is 1. The first-order valence-electron chi connectivity index (χ1n) is 9.87. The van der Waals surface area contributed by atoms with Crippen molar-refractivity contribution in [1.82, 2.24) is 4.90 Å². The van der Waals surface area contributed by atoms with Crippen LogP contribution < -0.4 is 9.64 Å². The van der Waals surface area contributed by atoms with E-state index in [1.54, 1.807) is 0 Å². The number of hydrogen-bond acceptors (Lipinski definition) is 4. The zero-order valence-electron chi connectivity index (χ0n) is 16.6. The van der Waals surface area contributed by atoms with Crippen LogP contribution in [-0.4, -0.2) is 43.6 Å². The van der Waals surface area contributed by atoms with Gasteiger partial charge in [-0.1, -0.05) is 44.2 Å². The van der Waals surface area contributed by atoms with Crippen LogP contribution in [0.5, 0.6) is 5.75 Å². The number of rotatable bonds is 6. The van der Waals surface area contributed by atoms with Crippen molar-refractivity contribution in [3.05, 3.63) is 59.7 Å². The van der Waals surface area contributed by atoms with Crippen LogP contribution in [0.3, 0.4) is 0 Å². The molecule has 1 heterocycles. The second-order valence-electron chi connectivity index (χ2n) is 7.13. The fourth-order valence-corrected chi connectivity index (χ4v) is 3.51. The number of hydrogen-bond donors (Lipinski definition) is 0. The van der Waals surface area contributed by atoms with Crippen LogP contribution in [0.2, 0.25) is 0 Å². The molecule has 28 heavy (non-hydrogen) atoms. The van der Waals surface area contributed by atoms with Gasteiger partial charge in [-0.05, 0) is 36.1 Å². The molecular formula is C23H27N3O2. The molecule has 0 spiro atoms. The lowest BCUT2D eigenvalue weighted by Crippen LogP contribution is -2.50. The topological polar surface area (TPSA) is 56.6 Å². The minimum Gasteiger partial charge on any atom is -0.483 e. The summed E-state index contributed by atoms with van der Waals surface area (Å²) in [7, 11) is 0. The highest BCUT2D eigenvalue weighted by Crippen LogP contribution is 2.28. The highest BCUT2D eigenvalue weighted by atomic mass is 16.5. The number of para-hydroxylation sites is 2. The molecule has 1 atom stereocenters. The normalized spacial score (nSPS) is 15.0. The molecule has 1 aliphatic heterocycles. The minimum absolute atomic E-state index is 0.00664. The number of benzene rings is 2. The maximum absolute atomic E-state index is 12.6. The van der Waals surface area contributed by atoms with Crippen LogP contribution in [-0.2, 0) is 4.79 Å². The Bertz CT molecular complexity index is 851. The van der Waals surface area contributed by atoms with Gasteiger partial charge < -0.3 is 14.5 Å². The van der Waals surface area contributed by atoms with Crippen LogP contribution in [0, 0.1) is 11.3 Å². The van der Waals surface area contributed by atoms with Gasteiger partial charge in [0.1, 0.15) is 11.8 Å². The summed E-state index contributed by atoms with van der Waals surface area (Å²) in [6.07, 6.45) is 1.03. The summed E-state index contributed by atoms with van der Waals surface area (Å²) in [5, 5.41) is 9.29. The quantitative estimate of drug-likeness (QED) is 0.768. The first-order valence-corrected chi connectivity index (χ1v) is 9.87. The van der Waals surface area contributed by atoms with Crippen molar-refractivity contribution in [3.63, 3.8) is 0 Å². The van der Waals surface area contributed by atoms with Crippen molar-refractivity contribution in [2.24, 2.45) is 0 Å². The Morgan fingerprint density at radius 2 is 1.79 bits per heavy atom. The van der Waals surface area contributed by atoms with E-state index in [0.29, 0.717) is 37.7 Å². The second-order valence-corrected chi connectivity index (χ2v) is 7.13. The predicted octanol–water partition coefficient (Wildman–Crippen LogP) is 3.80. The summed E-state index contributed by atoms with van der Waals surface area (Å²) in [6.45, 7) is 7.08. The van der Waals surface area contributed by atoms with Gasteiger partial charge in [0.05, 0.1) is 11.3 Å². The largest absolute Gasteiger partial charge is 0.483 e. The lowest BCUT2D eigenvalue weighted by molar-refractivity contribution is -0.133. The summed E-state index contributed by atoms with van der Waals surface area (Å²) in [4.78, 5) is 16.6. The van der Waals surface area contributed by atoms with Gasteiger partial charge in [0.2, 0.25) is 0 Å². The molecule has 146 valence electrons. The van der Waals surface area contributed by atoms with E-state index in [9.17, 15) is 10.1 Å². The molecule has 0 aliphatic carbocycles. The van der Waals surface area contributed by atoms with Crippen LogP contribution in [0.1, 0.15) is 37.3 Å². The molecule has 2 aromatic rings. The van der Waals surface area contributed by atoms with Crippen LogP contribution >= 0.6 is 0 Å². The van der Waals surface area contributed by atoms with E-state index in [-0.39, 0.29) is 12.5 Å². The fourth-order valence-electron chi connectivity index (χ4n) is 3.51. The Hall–Kier alpha value is -3.00. The van der Waals surface area contributed by atoms with E-state index < -0.39 is 0 Å². The first kappa shape index (κ1) is 19.8. The van der Waals surface area contributed by atoms with Crippen LogP contribution in [0.25, 0.3) is 0 Å². The van der Waals surface area contributed by atoms with Gasteiger partial charge >= 0.3 is 0 Å². The number of carbonyl (C=O) groups is 1. The highest BCUT2D eigenvalue weighted by molar-refractivity contribution is 5.78. The minimum atomic E-state index is 0.00664. The number of piperazine rings is 1. The van der Waals surface area contributed by atoms with E-state index in [1.165, 1.54) is 0 Å². The molecule has 0 bridgehead atoms. The van der Waals surface area contributed by atoms with Gasteiger partial charge in [-0.3, -0.25) is 4.79 Å². The molecule has 0 N–H and O–H groups in total. The molecule has 1 aliphatic rings. The lowest BCUT2D eigenvalue weighted by Gasteiger charge is -2.36.